The van der Waals surface area contributed by atoms with E-state index >= 15 is 0 Å². The van der Waals surface area contributed by atoms with Crippen LogP contribution < -0.4 is 5.32 Å². The molecule has 6 nitrogen and oxygen atoms in total. The SMILES string of the molecule is CC(C)(C)OC(=O)NCn1ccnn1. The van der Waals surface area contributed by atoms with E-state index in [4.69, 9.17) is 4.74 Å². The van der Waals surface area contributed by atoms with Crippen LogP contribution in [0.1, 0.15) is 20.8 Å². The minimum absolute atomic E-state index is 0.259. The van der Waals surface area contributed by atoms with Crippen molar-refractivity contribution in [2.75, 3.05) is 0 Å². The van der Waals surface area contributed by atoms with E-state index in [2.05, 4.69) is 15.6 Å². The Hall–Kier alpha value is -1.59. The smallest absolute Gasteiger partial charge is 0.409 e. The molecule has 6 heteroatoms. The van der Waals surface area contributed by atoms with Gasteiger partial charge in [-0.1, -0.05) is 5.21 Å². The fraction of sp³-hybridized carbons (Fsp3) is 0.625. The van der Waals surface area contributed by atoms with Gasteiger partial charge in [0.15, 0.2) is 0 Å². The van der Waals surface area contributed by atoms with Crippen LogP contribution in [0.15, 0.2) is 12.4 Å². The van der Waals surface area contributed by atoms with Gasteiger partial charge in [-0.25, -0.2) is 9.48 Å². The highest BCUT2D eigenvalue weighted by molar-refractivity contribution is 5.67. The zero-order valence-electron chi connectivity index (χ0n) is 8.52. The van der Waals surface area contributed by atoms with Crippen molar-refractivity contribution in [2.24, 2.45) is 0 Å². The minimum Gasteiger partial charge on any atom is -0.444 e. The molecule has 1 aromatic rings. The number of ether oxygens (including phenoxy) is 1. The van der Waals surface area contributed by atoms with Gasteiger partial charge in [0.2, 0.25) is 0 Å². The Labute approximate surface area is 82.2 Å². The number of nitrogens with zero attached hydrogens (tertiary/aromatic N) is 3. The first kappa shape index (κ1) is 10.5. The van der Waals surface area contributed by atoms with Gasteiger partial charge in [0, 0.05) is 6.20 Å². The Morgan fingerprint density at radius 1 is 1.57 bits per heavy atom. The van der Waals surface area contributed by atoms with Gasteiger partial charge < -0.3 is 10.1 Å². The summed E-state index contributed by atoms with van der Waals surface area (Å²) >= 11 is 0. The number of amides is 1. The van der Waals surface area contributed by atoms with Crippen molar-refractivity contribution in [1.29, 1.82) is 0 Å². The number of rotatable bonds is 2. The van der Waals surface area contributed by atoms with Crippen molar-refractivity contribution in [3.63, 3.8) is 0 Å². The topological polar surface area (TPSA) is 69.0 Å². The highest BCUT2D eigenvalue weighted by Crippen LogP contribution is 2.06. The summed E-state index contributed by atoms with van der Waals surface area (Å²) in [6, 6.07) is 0. The molecule has 0 bridgehead atoms. The molecule has 0 fully saturated rings. The first-order chi connectivity index (χ1) is 6.47. The summed E-state index contributed by atoms with van der Waals surface area (Å²) < 4.78 is 6.51. The van der Waals surface area contributed by atoms with Crippen LogP contribution in [0.3, 0.4) is 0 Å². The normalized spacial score (nSPS) is 11.1. The average Bonchev–Trinajstić information content (AvgIpc) is 2.49. The van der Waals surface area contributed by atoms with Crippen molar-refractivity contribution in [3.05, 3.63) is 12.4 Å². The van der Waals surface area contributed by atoms with Gasteiger partial charge >= 0.3 is 6.09 Å². The maximum absolute atomic E-state index is 11.2. The van der Waals surface area contributed by atoms with Crippen molar-refractivity contribution in [3.8, 4) is 0 Å². The fourth-order valence-corrected chi connectivity index (χ4v) is 0.777. The summed E-state index contributed by atoms with van der Waals surface area (Å²) in [6.07, 6.45) is 2.72. The van der Waals surface area contributed by atoms with E-state index in [1.165, 1.54) is 10.9 Å². The molecule has 0 aliphatic carbocycles. The summed E-state index contributed by atoms with van der Waals surface area (Å²) in [5, 5.41) is 9.82. The molecule has 1 aromatic heterocycles. The van der Waals surface area contributed by atoms with Crippen LogP contribution in [0.2, 0.25) is 0 Å². The molecule has 0 aromatic carbocycles. The number of hydrogen-bond acceptors (Lipinski definition) is 4. The second kappa shape index (κ2) is 4.08. The third-order valence-electron chi connectivity index (χ3n) is 1.26. The van der Waals surface area contributed by atoms with Crippen molar-refractivity contribution >= 4 is 6.09 Å². The van der Waals surface area contributed by atoms with E-state index < -0.39 is 11.7 Å². The lowest BCUT2D eigenvalue weighted by atomic mass is 10.2. The molecule has 0 atom stereocenters. The first-order valence-corrected chi connectivity index (χ1v) is 4.28. The number of aromatic nitrogens is 3. The zero-order chi connectivity index (χ0) is 10.6. The Morgan fingerprint density at radius 3 is 2.79 bits per heavy atom. The highest BCUT2D eigenvalue weighted by atomic mass is 16.6. The van der Waals surface area contributed by atoms with E-state index in [1.807, 2.05) is 20.8 Å². The van der Waals surface area contributed by atoms with Gasteiger partial charge in [-0.3, -0.25) is 0 Å². The molecule has 78 valence electrons. The van der Waals surface area contributed by atoms with Gasteiger partial charge in [-0.05, 0) is 20.8 Å². The third kappa shape index (κ3) is 3.88. The van der Waals surface area contributed by atoms with Crippen LogP contribution in [0.25, 0.3) is 0 Å². The van der Waals surface area contributed by atoms with Crippen LogP contribution >= 0.6 is 0 Å². The van der Waals surface area contributed by atoms with Gasteiger partial charge in [0.25, 0.3) is 0 Å². The second-order valence-electron chi connectivity index (χ2n) is 3.78. The van der Waals surface area contributed by atoms with Gasteiger partial charge in [-0.2, -0.15) is 0 Å². The van der Waals surface area contributed by atoms with Crippen molar-refractivity contribution in [2.45, 2.75) is 33.0 Å². The molecule has 1 N–H and O–H groups in total. The van der Waals surface area contributed by atoms with Crippen LogP contribution in [0, 0.1) is 0 Å². The van der Waals surface area contributed by atoms with Gasteiger partial charge in [-0.15, -0.1) is 5.10 Å². The Kier molecular flexibility index (Phi) is 3.06. The maximum atomic E-state index is 11.2. The molecular formula is C8H14N4O2. The number of nitrogens with one attached hydrogen (secondary N) is 1. The van der Waals surface area contributed by atoms with Crippen LogP contribution in [-0.4, -0.2) is 26.7 Å². The molecule has 0 saturated heterocycles. The third-order valence-corrected chi connectivity index (χ3v) is 1.26. The molecular weight excluding hydrogens is 184 g/mol. The summed E-state index contributed by atoms with van der Waals surface area (Å²) in [7, 11) is 0. The largest absolute Gasteiger partial charge is 0.444 e. The van der Waals surface area contributed by atoms with Crippen LogP contribution in [0.4, 0.5) is 4.79 Å². The van der Waals surface area contributed by atoms with Crippen molar-refractivity contribution < 1.29 is 9.53 Å². The molecule has 1 rings (SSSR count). The average molecular weight is 198 g/mol. The minimum atomic E-state index is -0.480. The highest BCUT2D eigenvalue weighted by Gasteiger charge is 2.15. The summed E-state index contributed by atoms with van der Waals surface area (Å²) in [6.45, 7) is 5.68. The van der Waals surface area contributed by atoms with Crippen LogP contribution in [0.5, 0.6) is 0 Å². The lowest BCUT2D eigenvalue weighted by Crippen LogP contribution is -2.33. The Balaban J connectivity index is 2.29. The van der Waals surface area contributed by atoms with E-state index in [0.717, 1.165) is 0 Å². The fourth-order valence-electron chi connectivity index (χ4n) is 0.777. The molecule has 0 saturated carbocycles. The van der Waals surface area contributed by atoms with E-state index in [-0.39, 0.29) is 6.67 Å². The monoisotopic (exact) mass is 198 g/mol. The molecule has 0 unspecified atom stereocenters. The van der Waals surface area contributed by atoms with E-state index in [0.29, 0.717) is 0 Å². The van der Waals surface area contributed by atoms with E-state index in [9.17, 15) is 4.79 Å². The molecule has 0 spiro atoms. The van der Waals surface area contributed by atoms with Gasteiger partial charge in [0.05, 0.1) is 6.20 Å². The molecule has 1 heterocycles. The van der Waals surface area contributed by atoms with Crippen LogP contribution in [-0.2, 0) is 11.4 Å². The molecule has 0 radical (unpaired) electrons. The predicted molar refractivity (Wildman–Crippen MR) is 49.4 cm³/mol. The molecule has 1 amide bonds. The van der Waals surface area contributed by atoms with Gasteiger partial charge in [0.1, 0.15) is 12.3 Å². The molecule has 0 aliphatic rings. The second-order valence-corrected chi connectivity index (χ2v) is 3.78. The lowest BCUT2D eigenvalue weighted by molar-refractivity contribution is 0.0508. The predicted octanol–water partition coefficient (Wildman–Crippen LogP) is 0.760. The Morgan fingerprint density at radius 2 is 2.29 bits per heavy atom. The Bertz CT molecular complexity index is 289. The lowest BCUT2D eigenvalue weighted by Gasteiger charge is -2.19. The van der Waals surface area contributed by atoms with Crippen molar-refractivity contribution in [1.82, 2.24) is 20.3 Å². The standard InChI is InChI=1S/C8H14N4O2/c1-8(2,3)14-7(13)9-6-12-5-4-10-11-12/h4-5H,6H2,1-3H3,(H,9,13). The summed E-state index contributed by atoms with van der Waals surface area (Å²) in [5.74, 6) is 0. The molecule has 0 aliphatic heterocycles. The maximum Gasteiger partial charge on any atom is 0.409 e. The summed E-state index contributed by atoms with van der Waals surface area (Å²) in [4.78, 5) is 11.2. The van der Waals surface area contributed by atoms with E-state index in [1.54, 1.807) is 6.20 Å². The number of hydrogen-bond donors (Lipinski definition) is 1. The summed E-state index contributed by atoms with van der Waals surface area (Å²) in [5.41, 5.74) is -0.480. The zero-order valence-corrected chi connectivity index (χ0v) is 8.52. The number of alkyl carbamates (subject to hydrolysis) is 1. The quantitative estimate of drug-likeness (QED) is 0.761. The number of carbonyl (C=O) groups is 1. The first-order valence-electron chi connectivity index (χ1n) is 4.28. The number of carbonyl (C=O) groups excluding carboxylic acids is 1. The molecule has 14 heavy (non-hydrogen) atoms.